The van der Waals surface area contributed by atoms with Crippen LogP contribution in [0.5, 0.6) is 0 Å². The van der Waals surface area contributed by atoms with Gasteiger partial charge in [0.2, 0.25) is 0 Å². The van der Waals surface area contributed by atoms with E-state index in [4.69, 9.17) is 0 Å². The van der Waals surface area contributed by atoms with Crippen molar-refractivity contribution in [2.75, 3.05) is 0 Å². The zero-order chi connectivity index (χ0) is 17.0. The third-order valence-corrected chi connectivity index (χ3v) is 3.70. The van der Waals surface area contributed by atoms with Crippen molar-refractivity contribution in [2.45, 2.75) is 26.3 Å². The second kappa shape index (κ2) is 7.41. The van der Waals surface area contributed by atoms with Crippen LogP contribution in [0, 0.1) is 5.92 Å². The van der Waals surface area contributed by atoms with Gasteiger partial charge in [0.25, 0.3) is 5.91 Å². The van der Waals surface area contributed by atoms with Crippen LogP contribution in [0.3, 0.4) is 0 Å². The van der Waals surface area contributed by atoms with Gasteiger partial charge in [0, 0.05) is 10.7 Å². The number of benzene rings is 1. The number of carbonyl (C=O) groups excluding carboxylic acids is 1. The predicted molar refractivity (Wildman–Crippen MR) is 89.6 cm³/mol. The number of hydrogen-bond acceptors (Lipinski definition) is 3. The number of aliphatic carboxylic acids is 1. The number of halogens is 1. The van der Waals surface area contributed by atoms with Crippen molar-refractivity contribution in [3.8, 4) is 5.69 Å². The molecule has 2 aromatic rings. The molecule has 0 saturated heterocycles. The molecule has 1 atom stereocenters. The van der Waals surface area contributed by atoms with Gasteiger partial charge in [0.15, 0.2) is 5.69 Å². The maximum atomic E-state index is 12.2. The first-order valence-electron chi connectivity index (χ1n) is 7.22. The fourth-order valence-corrected chi connectivity index (χ4v) is 2.52. The van der Waals surface area contributed by atoms with Crippen molar-refractivity contribution in [3.63, 3.8) is 0 Å². The maximum Gasteiger partial charge on any atom is 0.326 e. The Balaban J connectivity index is 2.13. The van der Waals surface area contributed by atoms with Gasteiger partial charge in [-0.15, -0.1) is 0 Å². The van der Waals surface area contributed by atoms with Gasteiger partial charge in [-0.05, 0) is 36.6 Å². The summed E-state index contributed by atoms with van der Waals surface area (Å²) in [6.07, 6.45) is 2.03. The molecule has 1 heterocycles. The van der Waals surface area contributed by atoms with Crippen LogP contribution in [0.1, 0.15) is 30.8 Å². The average Bonchev–Trinajstić information content (AvgIpc) is 2.95. The molecule has 0 fully saturated rings. The number of carboxylic acids is 1. The number of nitrogens with one attached hydrogen (secondary N) is 1. The molecule has 7 heteroatoms. The lowest BCUT2D eigenvalue weighted by Gasteiger charge is -2.15. The molecule has 0 bridgehead atoms. The first-order valence-corrected chi connectivity index (χ1v) is 8.01. The number of rotatable bonds is 6. The van der Waals surface area contributed by atoms with E-state index in [-0.39, 0.29) is 11.6 Å². The number of carboxylic acid groups (broad SMARTS) is 1. The van der Waals surface area contributed by atoms with Crippen molar-refractivity contribution in [2.24, 2.45) is 5.92 Å². The standard InChI is InChI=1S/C16H18BrN3O3/c1-10(2)8-14(16(22)23)18-15(21)13-6-7-20(19-13)12-5-3-4-11(17)9-12/h3-7,9-10,14H,8H2,1-2H3,(H,18,21)(H,22,23)/t14-/m0/s1. The molecule has 0 aliphatic heterocycles. The molecule has 0 aliphatic carbocycles. The van der Waals surface area contributed by atoms with Crippen molar-refractivity contribution in [1.29, 1.82) is 0 Å². The van der Waals surface area contributed by atoms with E-state index in [2.05, 4.69) is 26.3 Å². The van der Waals surface area contributed by atoms with Crippen LogP contribution >= 0.6 is 15.9 Å². The molecule has 2 rings (SSSR count). The summed E-state index contributed by atoms with van der Waals surface area (Å²) in [7, 11) is 0. The molecule has 1 amide bonds. The van der Waals surface area contributed by atoms with Gasteiger partial charge in [-0.25, -0.2) is 9.48 Å². The van der Waals surface area contributed by atoms with E-state index in [9.17, 15) is 14.7 Å². The Bertz CT molecular complexity index is 712. The lowest BCUT2D eigenvalue weighted by molar-refractivity contribution is -0.139. The number of aromatic nitrogens is 2. The highest BCUT2D eigenvalue weighted by Crippen LogP contribution is 2.15. The number of hydrogen-bond donors (Lipinski definition) is 2. The molecule has 0 spiro atoms. The van der Waals surface area contributed by atoms with Gasteiger partial charge in [0.1, 0.15) is 6.04 Å². The molecule has 2 N–H and O–H groups in total. The van der Waals surface area contributed by atoms with Crippen LogP contribution in [0.15, 0.2) is 41.0 Å². The molecule has 0 unspecified atom stereocenters. The molecule has 0 saturated carbocycles. The minimum Gasteiger partial charge on any atom is -0.480 e. The third kappa shape index (κ3) is 4.66. The summed E-state index contributed by atoms with van der Waals surface area (Å²) in [4.78, 5) is 23.4. The summed E-state index contributed by atoms with van der Waals surface area (Å²) in [6.45, 7) is 3.81. The fraction of sp³-hybridized carbons (Fsp3) is 0.312. The van der Waals surface area contributed by atoms with E-state index in [0.29, 0.717) is 6.42 Å². The van der Waals surface area contributed by atoms with Gasteiger partial charge in [-0.1, -0.05) is 35.8 Å². The SMILES string of the molecule is CC(C)C[C@H](NC(=O)c1ccn(-c2cccc(Br)c2)n1)C(=O)O. The highest BCUT2D eigenvalue weighted by Gasteiger charge is 2.22. The minimum absolute atomic E-state index is 0.163. The van der Waals surface area contributed by atoms with Crippen LogP contribution in [0.25, 0.3) is 5.69 Å². The van der Waals surface area contributed by atoms with Crippen LogP contribution in [-0.2, 0) is 4.79 Å². The van der Waals surface area contributed by atoms with E-state index >= 15 is 0 Å². The Morgan fingerprint density at radius 2 is 2.09 bits per heavy atom. The van der Waals surface area contributed by atoms with Gasteiger partial charge in [0.05, 0.1) is 5.69 Å². The van der Waals surface area contributed by atoms with E-state index in [1.165, 1.54) is 0 Å². The van der Waals surface area contributed by atoms with Crippen LogP contribution in [-0.4, -0.2) is 32.8 Å². The average molecular weight is 380 g/mol. The summed E-state index contributed by atoms with van der Waals surface area (Å²) >= 11 is 3.38. The van der Waals surface area contributed by atoms with Gasteiger partial charge < -0.3 is 10.4 Å². The van der Waals surface area contributed by atoms with E-state index in [0.717, 1.165) is 10.2 Å². The molecule has 1 aromatic carbocycles. The van der Waals surface area contributed by atoms with Crippen LogP contribution in [0.2, 0.25) is 0 Å². The van der Waals surface area contributed by atoms with Gasteiger partial charge in [-0.3, -0.25) is 4.79 Å². The first-order chi connectivity index (χ1) is 10.9. The summed E-state index contributed by atoms with van der Waals surface area (Å²) in [5.74, 6) is -1.37. The van der Waals surface area contributed by atoms with E-state index in [1.54, 1.807) is 16.9 Å². The van der Waals surface area contributed by atoms with E-state index < -0.39 is 17.9 Å². The Labute approximate surface area is 142 Å². The fourth-order valence-electron chi connectivity index (χ4n) is 2.13. The van der Waals surface area contributed by atoms with Gasteiger partial charge in [-0.2, -0.15) is 5.10 Å². The molecule has 23 heavy (non-hydrogen) atoms. The zero-order valence-corrected chi connectivity index (χ0v) is 14.4. The van der Waals surface area contributed by atoms with Crippen molar-refractivity contribution < 1.29 is 14.7 Å². The molecule has 0 radical (unpaired) electrons. The summed E-state index contributed by atoms with van der Waals surface area (Å²) in [5.41, 5.74) is 0.982. The van der Waals surface area contributed by atoms with E-state index in [1.807, 2.05) is 38.1 Å². The van der Waals surface area contributed by atoms with Crippen LogP contribution < -0.4 is 5.32 Å². The van der Waals surface area contributed by atoms with Gasteiger partial charge >= 0.3 is 5.97 Å². The van der Waals surface area contributed by atoms with Crippen molar-refractivity contribution in [1.82, 2.24) is 15.1 Å². The highest BCUT2D eigenvalue weighted by molar-refractivity contribution is 9.10. The lowest BCUT2D eigenvalue weighted by atomic mass is 10.0. The number of nitrogens with zero attached hydrogens (tertiary/aromatic N) is 2. The Kier molecular flexibility index (Phi) is 5.54. The van der Waals surface area contributed by atoms with Crippen molar-refractivity contribution >= 4 is 27.8 Å². The lowest BCUT2D eigenvalue weighted by Crippen LogP contribution is -2.41. The largest absolute Gasteiger partial charge is 0.480 e. The molecular formula is C16H18BrN3O3. The maximum absolute atomic E-state index is 12.2. The second-order valence-electron chi connectivity index (χ2n) is 5.62. The first kappa shape index (κ1) is 17.2. The third-order valence-electron chi connectivity index (χ3n) is 3.20. The Morgan fingerprint density at radius 1 is 1.35 bits per heavy atom. The summed E-state index contributed by atoms with van der Waals surface area (Å²) in [5, 5.41) is 15.9. The van der Waals surface area contributed by atoms with Crippen LogP contribution in [0.4, 0.5) is 0 Å². The molecule has 1 aromatic heterocycles. The Morgan fingerprint density at radius 3 is 2.70 bits per heavy atom. The smallest absolute Gasteiger partial charge is 0.326 e. The zero-order valence-electron chi connectivity index (χ0n) is 12.9. The summed E-state index contributed by atoms with van der Waals surface area (Å²) in [6, 6.07) is 8.13. The molecular weight excluding hydrogens is 362 g/mol. The van der Waals surface area contributed by atoms with Crippen molar-refractivity contribution in [3.05, 3.63) is 46.7 Å². The molecule has 6 nitrogen and oxygen atoms in total. The topological polar surface area (TPSA) is 84.2 Å². The minimum atomic E-state index is -1.04. The number of carbonyl (C=O) groups is 2. The predicted octanol–water partition coefficient (Wildman–Crippen LogP) is 2.86. The summed E-state index contributed by atoms with van der Waals surface area (Å²) < 4.78 is 2.47. The quantitative estimate of drug-likeness (QED) is 0.807. The molecule has 0 aliphatic rings. The normalized spacial score (nSPS) is 12.2. The number of amides is 1. The second-order valence-corrected chi connectivity index (χ2v) is 6.53. The monoisotopic (exact) mass is 379 g/mol. The molecule has 122 valence electrons. The Hall–Kier alpha value is -2.15. The highest BCUT2D eigenvalue weighted by atomic mass is 79.9.